The Kier molecular flexibility index (Phi) is 4.12. The lowest BCUT2D eigenvalue weighted by atomic mass is 10.1. The summed E-state index contributed by atoms with van der Waals surface area (Å²) in [7, 11) is 0. The maximum atomic E-state index is 6.75. The van der Waals surface area contributed by atoms with Gasteiger partial charge in [0.25, 0.3) is 0 Å². The van der Waals surface area contributed by atoms with Gasteiger partial charge in [-0.05, 0) is 48.5 Å². The third kappa shape index (κ3) is 2.74. The topological polar surface area (TPSA) is 49.0 Å². The van der Waals surface area contributed by atoms with Crippen molar-refractivity contribution in [3.05, 3.63) is 127 Å². The summed E-state index contributed by atoms with van der Waals surface area (Å²) in [5.41, 5.74) is 8.72. The summed E-state index contributed by atoms with van der Waals surface area (Å²) < 4.78 is 17.4. The van der Waals surface area contributed by atoms with Crippen molar-refractivity contribution in [1.82, 2.24) is 14.1 Å². The summed E-state index contributed by atoms with van der Waals surface area (Å²) in [6.45, 7) is 0. The number of benzene rings is 6. The highest BCUT2D eigenvalue weighted by molar-refractivity contribution is 6.26. The molecule has 4 aromatic heterocycles. The van der Waals surface area contributed by atoms with Crippen molar-refractivity contribution in [3.8, 4) is 11.7 Å². The second kappa shape index (κ2) is 7.89. The minimum absolute atomic E-state index is 0.540. The van der Waals surface area contributed by atoms with Crippen LogP contribution in [-0.4, -0.2) is 14.1 Å². The first kappa shape index (κ1) is 21.9. The van der Waals surface area contributed by atoms with Gasteiger partial charge in [-0.2, -0.15) is 4.98 Å². The van der Waals surface area contributed by atoms with E-state index >= 15 is 0 Å². The number of hydrogen-bond donors (Lipinski definition) is 0. The fourth-order valence-corrected chi connectivity index (χ4v) is 6.84. The van der Waals surface area contributed by atoms with Crippen molar-refractivity contribution in [2.45, 2.75) is 0 Å². The van der Waals surface area contributed by atoms with Gasteiger partial charge in [-0.3, -0.25) is 4.57 Å². The molecular weight excluding hydrogens is 518 g/mol. The van der Waals surface area contributed by atoms with Gasteiger partial charge in [-0.1, -0.05) is 78.9 Å². The molecule has 0 saturated carbocycles. The molecule has 0 N–H and O–H groups in total. The fraction of sp³-hybridized carbons (Fsp3) is 0. The van der Waals surface area contributed by atoms with E-state index in [0.29, 0.717) is 6.01 Å². The zero-order valence-electron chi connectivity index (χ0n) is 22.3. The van der Waals surface area contributed by atoms with Gasteiger partial charge in [0.05, 0.1) is 27.5 Å². The number of aromatic nitrogens is 3. The Morgan fingerprint density at radius 3 is 2.02 bits per heavy atom. The number of nitrogens with zero attached hydrogens (tertiary/aromatic N) is 3. The SMILES string of the molecule is c1ccc(-n2c3ccccc3c3c2ccc2c4ccccc4n(-c4nc5ccc6oc7ccccc7c6c5o4)c23)cc1. The molecule has 0 fully saturated rings. The van der Waals surface area contributed by atoms with E-state index in [9.17, 15) is 0 Å². The number of oxazole rings is 1. The maximum absolute atomic E-state index is 6.75. The average Bonchev–Trinajstić information content (AvgIpc) is 3.79. The second-order valence-corrected chi connectivity index (χ2v) is 10.8. The van der Waals surface area contributed by atoms with E-state index in [4.69, 9.17) is 13.8 Å². The normalized spacial score (nSPS) is 12.3. The van der Waals surface area contributed by atoms with Gasteiger partial charge in [-0.25, -0.2) is 0 Å². The molecule has 0 spiro atoms. The predicted molar refractivity (Wildman–Crippen MR) is 170 cm³/mol. The molecule has 0 aliphatic carbocycles. The standard InChI is InChI=1S/C37H21N3O2/c1-2-10-22(11-3-1)39-29-16-8-5-13-25(29)33-30(39)20-18-24-23-12-4-7-15-28(23)40(35(24)33)37-38-27-19-21-32-34(36(27)42-37)26-14-6-9-17-31(26)41-32/h1-21H. The Morgan fingerprint density at radius 1 is 0.452 bits per heavy atom. The first-order valence-corrected chi connectivity index (χ1v) is 14.1. The van der Waals surface area contributed by atoms with Gasteiger partial charge in [-0.15, -0.1) is 0 Å². The van der Waals surface area contributed by atoms with Crippen molar-refractivity contribution in [1.29, 1.82) is 0 Å². The molecule has 0 bridgehead atoms. The molecule has 42 heavy (non-hydrogen) atoms. The minimum Gasteiger partial charge on any atom is -0.456 e. The van der Waals surface area contributed by atoms with Crippen LogP contribution in [0.4, 0.5) is 0 Å². The highest BCUT2D eigenvalue weighted by atomic mass is 16.4. The molecule has 0 aliphatic heterocycles. The molecule has 0 radical (unpaired) electrons. The van der Waals surface area contributed by atoms with Gasteiger partial charge >= 0.3 is 6.01 Å². The van der Waals surface area contributed by atoms with Crippen LogP contribution in [0.25, 0.3) is 88.4 Å². The summed E-state index contributed by atoms with van der Waals surface area (Å²) in [4.78, 5) is 5.09. The Morgan fingerprint density at radius 2 is 1.17 bits per heavy atom. The molecule has 10 aromatic rings. The smallest absolute Gasteiger partial charge is 0.307 e. The first-order chi connectivity index (χ1) is 20.8. The van der Waals surface area contributed by atoms with Crippen LogP contribution < -0.4 is 0 Å². The third-order valence-electron chi connectivity index (χ3n) is 8.56. The van der Waals surface area contributed by atoms with Crippen molar-refractivity contribution in [3.63, 3.8) is 0 Å². The highest BCUT2D eigenvalue weighted by Gasteiger charge is 2.23. The number of fused-ring (bicyclic) bond motifs is 12. The summed E-state index contributed by atoms with van der Waals surface area (Å²) in [6, 6.07) is 44.8. The number of hydrogen-bond acceptors (Lipinski definition) is 3. The van der Waals surface area contributed by atoms with Gasteiger partial charge in [0.15, 0.2) is 5.58 Å². The monoisotopic (exact) mass is 539 g/mol. The summed E-state index contributed by atoms with van der Waals surface area (Å²) in [5, 5.41) is 6.65. The molecule has 6 aromatic carbocycles. The molecule has 0 aliphatic rings. The van der Waals surface area contributed by atoms with Crippen LogP contribution in [0, 0.1) is 0 Å². The molecule has 196 valence electrons. The second-order valence-electron chi connectivity index (χ2n) is 10.8. The van der Waals surface area contributed by atoms with Crippen LogP contribution in [-0.2, 0) is 0 Å². The largest absolute Gasteiger partial charge is 0.456 e. The molecule has 0 amide bonds. The molecule has 10 rings (SSSR count). The van der Waals surface area contributed by atoms with Crippen LogP contribution in [0.3, 0.4) is 0 Å². The first-order valence-electron chi connectivity index (χ1n) is 14.1. The summed E-state index contributed by atoms with van der Waals surface area (Å²) in [6.07, 6.45) is 0. The lowest BCUT2D eigenvalue weighted by Gasteiger charge is -2.08. The molecule has 0 atom stereocenters. The van der Waals surface area contributed by atoms with Gasteiger partial charge < -0.3 is 13.4 Å². The van der Waals surface area contributed by atoms with Crippen LogP contribution in [0.1, 0.15) is 0 Å². The molecule has 5 nitrogen and oxygen atoms in total. The van der Waals surface area contributed by atoms with Crippen LogP contribution in [0.15, 0.2) is 136 Å². The average molecular weight is 540 g/mol. The van der Waals surface area contributed by atoms with E-state index in [-0.39, 0.29) is 0 Å². The zero-order chi connectivity index (χ0) is 27.4. The minimum atomic E-state index is 0.540. The summed E-state index contributed by atoms with van der Waals surface area (Å²) >= 11 is 0. The van der Waals surface area contributed by atoms with E-state index < -0.39 is 0 Å². The maximum Gasteiger partial charge on any atom is 0.307 e. The third-order valence-corrected chi connectivity index (χ3v) is 8.56. The summed E-state index contributed by atoms with van der Waals surface area (Å²) in [5.74, 6) is 0. The molecule has 0 saturated heterocycles. The Labute approximate surface area is 238 Å². The lowest BCUT2D eigenvalue weighted by Crippen LogP contribution is -1.95. The molecule has 5 heteroatoms. The van der Waals surface area contributed by atoms with Crippen molar-refractivity contribution < 1.29 is 8.83 Å². The molecule has 0 unspecified atom stereocenters. The van der Waals surface area contributed by atoms with E-state index in [1.54, 1.807) is 0 Å². The molecule has 4 heterocycles. The van der Waals surface area contributed by atoms with Crippen molar-refractivity contribution >= 4 is 76.6 Å². The van der Waals surface area contributed by atoms with Gasteiger partial charge in [0, 0.05) is 32.6 Å². The highest BCUT2D eigenvalue weighted by Crippen LogP contribution is 2.43. The lowest BCUT2D eigenvalue weighted by molar-refractivity contribution is 0.577. The Balaban J connectivity index is 1.39. The number of para-hydroxylation sites is 4. The number of rotatable bonds is 2. The van der Waals surface area contributed by atoms with Crippen molar-refractivity contribution in [2.75, 3.05) is 0 Å². The van der Waals surface area contributed by atoms with E-state index in [0.717, 1.165) is 71.6 Å². The van der Waals surface area contributed by atoms with Crippen molar-refractivity contribution in [2.24, 2.45) is 0 Å². The number of furan rings is 1. The van der Waals surface area contributed by atoms with Crippen LogP contribution in [0.5, 0.6) is 0 Å². The Hall–Kier alpha value is -5.81. The van der Waals surface area contributed by atoms with Crippen LogP contribution in [0.2, 0.25) is 0 Å². The van der Waals surface area contributed by atoms with Crippen LogP contribution >= 0.6 is 0 Å². The zero-order valence-corrected chi connectivity index (χ0v) is 22.3. The predicted octanol–water partition coefficient (Wildman–Crippen LogP) is 9.92. The Bertz CT molecular complexity index is 2690. The van der Waals surface area contributed by atoms with Gasteiger partial charge in [0.1, 0.15) is 16.7 Å². The quantitative estimate of drug-likeness (QED) is 0.220. The van der Waals surface area contributed by atoms with E-state index in [2.05, 4.69) is 106 Å². The fourth-order valence-electron chi connectivity index (χ4n) is 6.84. The van der Waals surface area contributed by atoms with E-state index in [1.807, 2.05) is 30.3 Å². The molecular formula is C37H21N3O2. The van der Waals surface area contributed by atoms with Gasteiger partial charge in [0.2, 0.25) is 0 Å². The van der Waals surface area contributed by atoms with E-state index in [1.165, 1.54) is 10.8 Å².